The molecule has 0 spiro atoms. The van der Waals surface area contributed by atoms with Crippen molar-refractivity contribution in [2.45, 2.75) is 19.4 Å². The highest BCUT2D eigenvalue weighted by Crippen LogP contribution is 2.26. The Kier molecular flexibility index (Phi) is 4.46. The Labute approximate surface area is 117 Å². The zero-order chi connectivity index (χ0) is 15.7. The van der Waals surface area contributed by atoms with Gasteiger partial charge in [0, 0.05) is 12.1 Å². The van der Waals surface area contributed by atoms with Crippen molar-refractivity contribution in [1.29, 1.82) is 0 Å². The highest BCUT2D eigenvalue weighted by molar-refractivity contribution is 5.70. The Balaban J connectivity index is 2.16. The molecule has 0 radical (unpaired) electrons. The number of carbonyl (C=O) groups is 1. The second kappa shape index (κ2) is 5.97. The Morgan fingerprint density at radius 2 is 1.38 bits per heavy atom. The molecule has 1 fully saturated rings. The third-order valence-electron chi connectivity index (χ3n) is 3.62. The summed E-state index contributed by atoms with van der Waals surface area (Å²) in [6.45, 7) is -0.00888. The van der Waals surface area contributed by atoms with Crippen LogP contribution in [0.2, 0.25) is 0 Å². The van der Waals surface area contributed by atoms with Gasteiger partial charge < -0.3 is 5.11 Å². The highest BCUT2D eigenvalue weighted by Gasteiger charge is 2.29. The van der Waals surface area contributed by atoms with Crippen molar-refractivity contribution < 1.29 is 31.9 Å². The first-order valence-corrected chi connectivity index (χ1v) is 6.28. The van der Waals surface area contributed by atoms with Gasteiger partial charge in [0.15, 0.2) is 23.3 Å². The van der Waals surface area contributed by atoms with Crippen molar-refractivity contribution in [2.24, 2.45) is 5.92 Å². The van der Waals surface area contributed by atoms with Gasteiger partial charge in [-0.3, -0.25) is 9.69 Å². The number of piperidine rings is 1. The molecule has 1 saturated heterocycles. The second-order valence-corrected chi connectivity index (χ2v) is 4.94. The summed E-state index contributed by atoms with van der Waals surface area (Å²) in [6.07, 6.45) is 0.537. The first kappa shape index (κ1) is 15.7. The third kappa shape index (κ3) is 2.99. The predicted octanol–water partition coefficient (Wildman–Crippen LogP) is 2.68. The van der Waals surface area contributed by atoms with Crippen LogP contribution < -0.4 is 0 Å². The third-order valence-corrected chi connectivity index (χ3v) is 3.62. The van der Waals surface area contributed by atoms with Crippen molar-refractivity contribution in [1.82, 2.24) is 4.90 Å². The fraction of sp³-hybridized carbons (Fsp3) is 0.462. The van der Waals surface area contributed by atoms with E-state index in [0.29, 0.717) is 0 Å². The van der Waals surface area contributed by atoms with Crippen molar-refractivity contribution in [3.63, 3.8) is 0 Å². The van der Waals surface area contributed by atoms with Gasteiger partial charge >= 0.3 is 5.97 Å². The highest BCUT2D eigenvalue weighted by atomic mass is 19.2. The molecule has 3 nitrogen and oxygen atoms in total. The lowest BCUT2D eigenvalue weighted by Gasteiger charge is -2.30. The number of aliphatic carboxylic acids is 1. The van der Waals surface area contributed by atoms with Gasteiger partial charge in [-0.25, -0.2) is 22.0 Å². The number of rotatable bonds is 3. The minimum absolute atomic E-state index is 0.219. The number of carboxylic acid groups (broad SMARTS) is 1. The number of halogens is 5. The summed E-state index contributed by atoms with van der Waals surface area (Å²) in [5.41, 5.74) is -0.889. The monoisotopic (exact) mass is 309 g/mol. The summed E-state index contributed by atoms with van der Waals surface area (Å²) in [7, 11) is 0. The van der Waals surface area contributed by atoms with Crippen molar-refractivity contribution in [2.75, 3.05) is 13.1 Å². The standard InChI is InChI=1S/C13H12F5NO2/c14-8-7(9(15)11(17)12(18)10(8)16)5-19-3-1-6(2-4-19)13(20)21/h6H,1-5H2,(H,20,21). The van der Waals surface area contributed by atoms with Crippen molar-refractivity contribution in [3.8, 4) is 0 Å². The van der Waals surface area contributed by atoms with E-state index in [9.17, 15) is 26.7 Å². The Morgan fingerprint density at radius 3 is 1.81 bits per heavy atom. The molecule has 0 aromatic heterocycles. The first-order chi connectivity index (χ1) is 9.82. The van der Waals surface area contributed by atoms with Gasteiger partial charge in [-0.15, -0.1) is 0 Å². The van der Waals surface area contributed by atoms with Crippen molar-refractivity contribution in [3.05, 3.63) is 34.6 Å². The topological polar surface area (TPSA) is 40.5 Å². The second-order valence-electron chi connectivity index (χ2n) is 4.94. The molecule has 21 heavy (non-hydrogen) atoms. The molecule has 0 amide bonds. The van der Waals surface area contributed by atoms with E-state index in [2.05, 4.69) is 0 Å². The number of hydrogen-bond donors (Lipinski definition) is 1. The quantitative estimate of drug-likeness (QED) is 0.530. The maximum Gasteiger partial charge on any atom is 0.306 e. The molecule has 0 atom stereocenters. The summed E-state index contributed by atoms with van der Waals surface area (Å²) >= 11 is 0. The van der Waals surface area contributed by atoms with Gasteiger partial charge in [-0.05, 0) is 25.9 Å². The van der Waals surface area contributed by atoms with Crippen LogP contribution in [0.25, 0.3) is 0 Å². The van der Waals surface area contributed by atoms with Gasteiger partial charge in [-0.1, -0.05) is 0 Å². The largest absolute Gasteiger partial charge is 0.481 e. The molecule has 1 aromatic carbocycles. The first-order valence-electron chi connectivity index (χ1n) is 6.28. The van der Waals surface area contributed by atoms with Crippen LogP contribution in [0.5, 0.6) is 0 Å². The molecule has 116 valence electrons. The lowest BCUT2D eigenvalue weighted by molar-refractivity contribution is -0.143. The molecule has 1 aliphatic heterocycles. The van der Waals surface area contributed by atoms with E-state index in [1.807, 2.05) is 0 Å². The smallest absolute Gasteiger partial charge is 0.306 e. The van der Waals surface area contributed by atoms with Crippen LogP contribution in [-0.2, 0) is 11.3 Å². The maximum atomic E-state index is 13.5. The van der Waals surface area contributed by atoms with E-state index in [4.69, 9.17) is 5.11 Å². The molecule has 1 N–H and O–H groups in total. The predicted molar refractivity (Wildman–Crippen MR) is 61.9 cm³/mol. The molecule has 1 heterocycles. The van der Waals surface area contributed by atoms with Crippen molar-refractivity contribution >= 4 is 5.97 Å². The van der Waals surface area contributed by atoms with Crippen LogP contribution >= 0.6 is 0 Å². The van der Waals surface area contributed by atoms with Gasteiger partial charge in [0.25, 0.3) is 0 Å². The SMILES string of the molecule is O=C(O)C1CCN(Cc2c(F)c(F)c(F)c(F)c2F)CC1. The lowest BCUT2D eigenvalue weighted by Crippen LogP contribution is -2.36. The lowest BCUT2D eigenvalue weighted by atomic mass is 9.96. The molecule has 0 saturated carbocycles. The van der Waals surface area contributed by atoms with Crippen LogP contribution in [0, 0.1) is 35.0 Å². The van der Waals surface area contributed by atoms with E-state index in [0.717, 1.165) is 0 Å². The molecular formula is C13H12F5NO2. The fourth-order valence-corrected chi connectivity index (χ4v) is 2.35. The van der Waals surface area contributed by atoms with Crippen LogP contribution in [0.1, 0.15) is 18.4 Å². The normalized spacial score (nSPS) is 17.2. The number of benzene rings is 1. The average Bonchev–Trinajstić information content (AvgIpc) is 2.48. The molecule has 0 unspecified atom stereocenters. The average molecular weight is 309 g/mol. The number of nitrogens with zero attached hydrogens (tertiary/aromatic N) is 1. The molecule has 8 heteroatoms. The van der Waals surface area contributed by atoms with Gasteiger partial charge in [-0.2, -0.15) is 0 Å². The van der Waals surface area contributed by atoms with Gasteiger partial charge in [0.05, 0.1) is 5.92 Å². The summed E-state index contributed by atoms with van der Waals surface area (Å²) in [4.78, 5) is 12.2. The minimum Gasteiger partial charge on any atom is -0.481 e. The number of carboxylic acids is 1. The fourth-order valence-electron chi connectivity index (χ4n) is 2.35. The molecule has 1 aliphatic rings. The van der Waals surface area contributed by atoms with Crippen LogP contribution in [-0.4, -0.2) is 29.1 Å². The number of likely N-dealkylation sites (tertiary alicyclic amines) is 1. The Bertz CT molecular complexity index is 541. The van der Waals surface area contributed by atoms with E-state index in [1.165, 1.54) is 4.90 Å². The van der Waals surface area contributed by atoms with E-state index in [1.54, 1.807) is 0 Å². The van der Waals surface area contributed by atoms with E-state index in [-0.39, 0.29) is 25.9 Å². The minimum atomic E-state index is -2.18. The summed E-state index contributed by atoms with van der Waals surface area (Å²) in [5, 5.41) is 8.83. The molecular weight excluding hydrogens is 297 g/mol. The van der Waals surface area contributed by atoms with Crippen LogP contribution in [0.4, 0.5) is 22.0 Å². The summed E-state index contributed by atoms with van der Waals surface area (Å²) in [6, 6.07) is 0. The van der Waals surface area contributed by atoms with E-state index >= 15 is 0 Å². The zero-order valence-electron chi connectivity index (χ0n) is 10.8. The van der Waals surface area contributed by atoms with Crippen LogP contribution in [0.3, 0.4) is 0 Å². The Morgan fingerprint density at radius 1 is 0.952 bits per heavy atom. The van der Waals surface area contributed by atoms with E-state index < -0.39 is 53.1 Å². The Hall–Kier alpha value is -1.70. The van der Waals surface area contributed by atoms with Crippen LogP contribution in [0.15, 0.2) is 0 Å². The van der Waals surface area contributed by atoms with Gasteiger partial charge in [0.2, 0.25) is 5.82 Å². The molecule has 0 aliphatic carbocycles. The molecule has 0 bridgehead atoms. The molecule has 2 rings (SSSR count). The number of hydrogen-bond acceptors (Lipinski definition) is 2. The zero-order valence-corrected chi connectivity index (χ0v) is 10.8. The maximum absolute atomic E-state index is 13.5. The van der Waals surface area contributed by atoms with Gasteiger partial charge in [0.1, 0.15) is 0 Å². The summed E-state index contributed by atoms with van der Waals surface area (Å²) < 4.78 is 66.1. The molecule has 1 aromatic rings. The summed E-state index contributed by atoms with van der Waals surface area (Å²) in [5.74, 6) is -11.3.